The second-order valence-electron chi connectivity index (χ2n) is 6.56. The third-order valence-corrected chi connectivity index (χ3v) is 5.50. The van der Waals surface area contributed by atoms with Crippen LogP contribution in [0.3, 0.4) is 0 Å². The topological polar surface area (TPSA) is 51.2 Å². The van der Waals surface area contributed by atoms with E-state index in [4.69, 9.17) is 4.74 Å². The van der Waals surface area contributed by atoms with Crippen molar-refractivity contribution < 1.29 is 9.53 Å². The van der Waals surface area contributed by atoms with Crippen LogP contribution in [0.1, 0.15) is 28.4 Å². The minimum absolute atomic E-state index is 0.204. The molecule has 2 aromatic carbocycles. The molecule has 1 N–H and O–H groups in total. The Morgan fingerprint density at radius 2 is 1.82 bits per heavy atom. The third kappa shape index (κ3) is 5.60. The lowest BCUT2D eigenvalue weighted by Gasteiger charge is -2.17. The number of thioether (sulfide) groups is 1. The van der Waals surface area contributed by atoms with Crippen molar-refractivity contribution in [1.82, 2.24) is 4.98 Å². The molecule has 0 aliphatic heterocycles. The van der Waals surface area contributed by atoms with Gasteiger partial charge in [0.25, 0.3) is 0 Å². The average Bonchev–Trinajstić information content (AvgIpc) is 2.74. The first kappa shape index (κ1) is 20.0. The van der Waals surface area contributed by atoms with Gasteiger partial charge in [-0.15, -0.1) is 11.8 Å². The zero-order valence-electron chi connectivity index (χ0n) is 16.1. The number of carbonyl (C=O) groups is 1. The zero-order chi connectivity index (χ0) is 19.8. The van der Waals surface area contributed by atoms with Crippen LogP contribution in [0.2, 0.25) is 0 Å². The van der Waals surface area contributed by atoms with Crippen LogP contribution < -0.4 is 5.32 Å². The Kier molecular flexibility index (Phi) is 7.09. The number of pyridine rings is 1. The molecule has 0 aliphatic rings. The number of benzene rings is 2. The summed E-state index contributed by atoms with van der Waals surface area (Å²) >= 11 is 1.86. The van der Waals surface area contributed by atoms with E-state index in [1.54, 1.807) is 12.1 Å². The predicted octanol–water partition coefficient (Wildman–Crippen LogP) is 5.20. The molecular formula is C23H24N2O2S. The maximum Gasteiger partial charge on any atom is 0.339 e. The number of hydrogen-bond acceptors (Lipinski definition) is 5. The summed E-state index contributed by atoms with van der Waals surface area (Å²) in [6, 6.07) is 22.8. The maximum atomic E-state index is 11.5. The van der Waals surface area contributed by atoms with Gasteiger partial charge in [-0.25, -0.2) is 9.78 Å². The Hall–Kier alpha value is -2.79. The summed E-state index contributed by atoms with van der Waals surface area (Å²) in [5.41, 5.74) is 3.08. The highest BCUT2D eigenvalue weighted by atomic mass is 32.2. The molecule has 4 nitrogen and oxygen atoms in total. The van der Waals surface area contributed by atoms with Gasteiger partial charge in [0.1, 0.15) is 5.82 Å². The molecule has 1 heterocycles. The number of esters is 1. The van der Waals surface area contributed by atoms with Crippen LogP contribution in [-0.4, -0.2) is 24.1 Å². The van der Waals surface area contributed by atoms with Crippen molar-refractivity contribution in [3.05, 3.63) is 89.6 Å². The number of aromatic nitrogens is 1. The molecule has 0 radical (unpaired) electrons. The number of nitrogens with one attached hydrogen (secondary N) is 1. The van der Waals surface area contributed by atoms with Crippen LogP contribution in [-0.2, 0) is 16.9 Å². The predicted molar refractivity (Wildman–Crippen MR) is 115 cm³/mol. The Balaban J connectivity index is 1.60. The lowest BCUT2D eigenvalue weighted by Crippen LogP contribution is -2.19. The van der Waals surface area contributed by atoms with E-state index in [9.17, 15) is 4.79 Å². The molecule has 144 valence electrons. The molecule has 1 aromatic heterocycles. The Morgan fingerprint density at radius 3 is 2.54 bits per heavy atom. The summed E-state index contributed by atoms with van der Waals surface area (Å²) in [7, 11) is 1.36. The van der Waals surface area contributed by atoms with Crippen molar-refractivity contribution in [2.75, 3.05) is 12.4 Å². The number of rotatable bonds is 8. The van der Waals surface area contributed by atoms with Crippen LogP contribution in [0.15, 0.2) is 77.8 Å². The molecule has 28 heavy (non-hydrogen) atoms. The number of methoxy groups -OCH3 is 1. The minimum Gasteiger partial charge on any atom is -0.465 e. The average molecular weight is 393 g/mol. The fourth-order valence-corrected chi connectivity index (χ4v) is 3.93. The summed E-state index contributed by atoms with van der Waals surface area (Å²) in [5.74, 6) is 1.32. The SMILES string of the molecule is COC(=O)c1ccc(NC(C)Cc2ccccc2SCc2ccccc2)nc1. The Morgan fingerprint density at radius 1 is 1.07 bits per heavy atom. The van der Waals surface area contributed by atoms with Crippen molar-refractivity contribution in [2.45, 2.75) is 30.0 Å². The molecule has 0 bridgehead atoms. The monoisotopic (exact) mass is 392 g/mol. The van der Waals surface area contributed by atoms with Gasteiger partial charge in [-0.05, 0) is 42.7 Å². The number of ether oxygens (including phenoxy) is 1. The Labute approximate surface area is 170 Å². The van der Waals surface area contributed by atoms with E-state index >= 15 is 0 Å². The highest BCUT2D eigenvalue weighted by molar-refractivity contribution is 7.98. The summed E-state index contributed by atoms with van der Waals surface area (Å²) in [6.45, 7) is 2.13. The van der Waals surface area contributed by atoms with E-state index in [0.717, 1.165) is 18.0 Å². The fourth-order valence-electron chi connectivity index (χ4n) is 2.90. The van der Waals surface area contributed by atoms with E-state index in [-0.39, 0.29) is 12.0 Å². The highest BCUT2D eigenvalue weighted by Crippen LogP contribution is 2.27. The summed E-state index contributed by atoms with van der Waals surface area (Å²) < 4.78 is 4.70. The van der Waals surface area contributed by atoms with Crippen LogP contribution in [0.5, 0.6) is 0 Å². The van der Waals surface area contributed by atoms with Gasteiger partial charge in [-0.1, -0.05) is 48.5 Å². The number of anilines is 1. The molecule has 0 spiro atoms. The molecule has 0 fully saturated rings. The molecule has 0 saturated carbocycles. The van der Waals surface area contributed by atoms with Gasteiger partial charge < -0.3 is 10.1 Å². The minimum atomic E-state index is -0.378. The molecule has 5 heteroatoms. The first-order chi connectivity index (χ1) is 13.7. The number of carbonyl (C=O) groups excluding carboxylic acids is 1. The van der Waals surface area contributed by atoms with Crippen molar-refractivity contribution in [3.63, 3.8) is 0 Å². The molecule has 0 aliphatic carbocycles. The standard InChI is InChI=1S/C23H24N2O2S/c1-17(25-22-13-12-20(15-24-22)23(26)27-2)14-19-10-6-7-11-21(19)28-16-18-8-4-3-5-9-18/h3-13,15,17H,14,16H2,1-2H3,(H,24,25). The van der Waals surface area contributed by atoms with E-state index in [1.807, 2.05) is 17.8 Å². The van der Waals surface area contributed by atoms with Crippen molar-refractivity contribution in [2.24, 2.45) is 0 Å². The first-order valence-corrected chi connectivity index (χ1v) is 10.2. The van der Waals surface area contributed by atoms with Gasteiger partial charge in [0, 0.05) is 22.9 Å². The summed E-state index contributed by atoms with van der Waals surface area (Å²) in [6.07, 6.45) is 2.42. The van der Waals surface area contributed by atoms with Gasteiger partial charge in [0.15, 0.2) is 0 Å². The van der Waals surface area contributed by atoms with Crippen molar-refractivity contribution >= 4 is 23.5 Å². The molecule has 1 atom stereocenters. The fraction of sp³-hybridized carbons (Fsp3) is 0.217. The van der Waals surface area contributed by atoms with Crippen molar-refractivity contribution in [3.8, 4) is 0 Å². The van der Waals surface area contributed by atoms with E-state index in [1.165, 1.54) is 29.3 Å². The van der Waals surface area contributed by atoms with Crippen LogP contribution in [0.25, 0.3) is 0 Å². The van der Waals surface area contributed by atoms with Crippen molar-refractivity contribution in [1.29, 1.82) is 0 Å². The lowest BCUT2D eigenvalue weighted by atomic mass is 10.1. The van der Waals surface area contributed by atoms with Crippen LogP contribution in [0, 0.1) is 0 Å². The third-order valence-electron chi connectivity index (χ3n) is 4.31. The largest absolute Gasteiger partial charge is 0.465 e. The van der Waals surface area contributed by atoms with E-state index < -0.39 is 0 Å². The Bertz CT molecular complexity index is 898. The quantitative estimate of drug-likeness (QED) is 0.422. The van der Waals surface area contributed by atoms with Gasteiger partial charge in [-0.2, -0.15) is 0 Å². The van der Waals surface area contributed by atoms with Crippen LogP contribution in [0.4, 0.5) is 5.82 Å². The summed E-state index contributed by atoms with van der Waals surface area (Å²) in [4.78, 5) is 17.1. The second-order valence-corrected chi connectivity index (χ2v) is 7.57. The zero-order valence-corrected chi connectivity index (χ0v) is 16.9. The molecule has 0 amide bonds. The molecule has 0 saturated heterocycles. The highest BCUT2D eigenvalue weighted by Gasteiger charge is 2.10. The normalized spacial score (nSPS) is 11.6. The van der Waals surface area contributed by atoms with Crippen LogP contribution >= 0.6 is 11.8 Å². The van der Waals surface area contributed by atoms with Gasteiger partial charge >= 0.3 is 5.97 Å². The van der Waals surface area contributed by atoms with E-state index in [2.05, 4.69) is 65.8 Å². The molecule has 1 unspecified atom stereocenters. The lowest BCUT2D eigenvalue weighted by molar-refractivity contribution is 0.0600. The first-order valence-electron chi connectivity index (χ1n) is 9.21. The van der Waals surface area contributed by atoms with Gasteiger partial charge in [0.05, 0.1) is 12.7 Å². The second kappa shape index (κ2) is 9.95. The molecular weight excluding hydrogens is 368 g/mol. The smallest absolute Gasteiger partial charge is 0.339 e. The van der Waals surface area contributed by atoms with Gasteiger partial charge in [-0.3, -0.25) is 0 Å². The maximum absolute atomic E-state index is 11.5. The number of hydrogen-bond donors (Lipinski definition) is 1. The number of nitrogens with zero attached hydrogens (tertiary/aromatic N) is 1. The van der Waals surface area contributed by atoms with E-state index in [0.29, 0.717) is 5.56 Å². The van der Waals surface area contributed by atoms with Gasteiger partial charge in [0.2, 0.25) is 0 Å². The molecule has 3 rings (SSSR count). The molecule has 3 aromatic rings. The summed E-state index contributed by atoms with van der Waals surface area (Å²) in [5, 5.41) is 3.40.